The fourth-order valence-corrected chi connectivity index (χ4v) is 3.86. The van der Waals surface area contributed by atoms with E-state index < -0.39 is 0 Å². The van der Waals surface area contributed by atoms with Crippen LogP contribution in [0, 0.1) is 0 Å². The van der Waals surface area contributed by atoms with Crippen LogP contribution in [0.25, 0.3) is 11.0 Å². The molecule has 0 fully saturated rings. The lowest BCUT2D eigenvalue weighted by molar-refractivity contribution is 0.407. The van der Waals surface area contributed by atoms with Crippen LogP contribution in [0.4, 0.5) is 0 Å². The quantitative estimate of drug-likeness (QED) is 0.375. The molecular weight excluding hydrogens is 422 g/mol. The van der Waals surface area contributed by atoms with E-state index in [0.29, 0.717) is 54.5 Å². The number of hydrogen-bond donors (Lipinski definition) is 1. The molecule has 0 saturated carbocycles. The third-order valence-electron chi connectivity index (χ3n) is 5.21. The molecule has 0 aromatic carbocycles. The summed E-state index contributed by atoms with van der Waals surface area (Å²) in [6.45, 7) is 3.40. The van der Waals surface area contributed by atoms with Gasteiger partial charge in [-0.3, -0.25) is 18.6 Å². The fourth-order valence-electron chi connectivity index (χ4n) is 3.66. The van der Waals surface area contributed by atoms with Gasteiger partial charge in [0.1, 0.15) is 17.2 Å². The van der Waals surface area contributed by atoms with Gasteiger partial charge in [-0.05, 0) is 30.9 Å². The van der Waals surface area contributed by atoms with E-state index in [0.717, 1.165) is 24.8 Å². The van der Waals surface area contributed by atoms with Crippen LogP contribution in [0.15, 0.2) is 39.0 Å². The highest BCUT2D eigenvalue weighted by atomic mass is 35.5. The maximum absolute atomic E-state index is 13.1. The second kappa shape index (κ2) is 9.34. The van der Waals surface area contributed by atoms with Crippen molar-refractivity contribution < 1.29 is 4.52 Å². The van der Waals surface area contributed by atoms with Gasteiger partial charge in [-0.25, -0.2) is 4.79 Å². The van der Waals surface area contributed by atoms with Gasteiger partial charge in [-0.1, -0.05) is 36.5 Å². The van der Waals surface area contributed by atoms with Crippen molar-refractivity contribution in [1.82, 2.24) is 34.0 Å². The van der Waals surface area contributed by atoms with E-state index in [-0.39, 0.29) is 11.2 Å². The number of nitrogens with zero attached hydrogens (tertiary/aromatic N) is 6. The number of aromatic amines is 1. The molecule has 0 saturated heterocycles. The van der Waals surface area contributed by atoms with E-state index >= 15 is 0 Å². The summed E-state index contributed by atoms with van der Waals surface area (Å²) < 4.78 is 9.39. The molecule has 0 radical (unpaired) electrons. The van der Waals surface area contributed by atoms with Crippen LogP contribution < -0.4 is 11.2 Å². The van der Waals surface area contributed by atoms with Crippen LogP contribution in [-0.2, 0) is 26.1 Å². The Kier molecular flexibility index (Phi) is 6.36. The van der Waals surface area contributed by atoms with Gasteiger partial charge in [0.2, 0.25) is 6.39 Å². The maximum Gasteiger partial charge on any atom is 0.331 e. The Bertz CT molecular complexity index is 1270. The zero-order valence-electron chi connectivity index (χ0n) is 17.3. The molecule has 4 rings (SSSR count). The molecule has 1 N–H and O–H groups in total. The molecule has 31 heavy (non-hydrogen) atoms. The van der Waals surface area contributed by atoms with Gasteiger partial charge in [-0.15, -0.1) is 0 Å². The van der Waals surface area contributed by atoms with Crippen molar-refractivity contribution in [3.8, 4) is 0 Å². The molecule has 10 nitrogen and oxygen atoms in total. The minimum atomic E-state index is -0.341. The molecule has 0 atom stereocenters. The Morgan fingerprint density at radius 2 is 2.00 bits per heavy atom. The van der Waals surface area contributed by atoms with Gasteiger partial charge in [0, 0.05) is 19.3 Å². The highest BCUT2D eigenvalue weighted by molar-refractivity contribution is 6.30. The first-order valence-corrected chi connectivity index (χ1v) is 10.7. The zero-order chi connectivity index (χ0) is 21.8. The second-order valence-electron chi connectivity index (χ2n) is 7.47. The average Bonchev–Trinajstić information content (AvgIpc) is 3.49. The molecule has 4 aromatic heterocycles. The number of unbranched alkanes of at least 4 members (excludes halogenated alkanes) is 2. The SMILES string of the molecule is CCCCCn1c(=O)n(CCCc2cnn(Cc3ncon3)c2)c(=O)c2[nH]c(Cl)cc21. The molecule has 0 aliphatic carbocycles. The lowest BCUT2D eigenvalue weighted by Crippen LogP contribution is -2.40. The highest BCUT2D eigenvalue weighted by Crippen LogP contribution is 2.15. The van der Waals surface area contributed by atoms with Crippen LogP contribution in [0.1, 0.15) is 44.0 Å². The third-order valence-corrected chi connectivity index (χ3v) is 5.41. The van der Waals surface area contributed by atoms with Crippen LogP contribution in [0.3, 0.4) is 0 Å². The molecule has 0 bridgehead atoms. The lowest BCUT2D eigenvalue weighted by Gasteiger charge is -2.11. The molecule has 164 valence electrons. The standard InChI is InChI=1S/C20H24ClN7O3/c1-2-3-4-7-27-15-9-16(21)24-18(15)19(29)28(20(27)30)8-5-6-14-10-23-26(11-14)12-17-22-13-31-25-17/h9-11,13,24H,2-8,12H2,1H3. The van der Waals surface area contributed by atoms with Crippen molar-refractivity contribution in [2.45, 2.75) is 58.7 Å². The molecular formula is C20H24ClN7O3. The molecule has 0 unspecified atom stereocenters. The van der Waals surface area contributed by atoms with Gasteiger partial charge in [0.25, 0.3) is 5.56 Å². The predicted octanol–water partition coefficient (Wildman–Crippen LogP) is 2.60. The predicted molar refractivity (Wildman–Crippen MR) is 115 cm³/mol. The number of halogens is 1. The van der Waals surface area contributed by atoms with Crippen molar-refractivity contribution in [3.05, 3.63) is 62.2 Å². The number of aromatic nitrogens is 7. The van der Waals surface area contributed by atoms with E-state index in [9.17, 15) is 9.59 Å². The van der Waals surface area contributed by atoms with E-state index in [1.165, 1.54) is 11.0 Å². The molecule has 4 heterocycles. The molecule has 0 amide bonds. The van der Waals surface area contributed by atoms with Gasteiger partial charge in [0.15, 0.2) is 5.82 Å². The van der Waals surface area contributed by atoms with Crippen molar-refractivity contribution in [3.63, 3.8) is 0 Å². The molecule has 0 spiro atoms. The summed E-state index contributed by atoms with van der Waals surface area (Å²) in [7, 11) is 0. The Morgan fingerprint density at radius 3 is 2.77 bits per heavy atom. The second-order valence-corrected chi connectivity index (χ2v) is 7.88. The van der Waals surface area contributed by atoms with Crippen molar-refractivity contribution in [2.24, 2.45) is 0 Å². The van der Waals surface area contributed by atoms with E-state index in [1.807, 2.05) is 6.20 Å². The van der Waals surface area contributed by atoms with Gasteiger partial charge in [0.05, 0.1) is 11.7 Å². The van der Waals surface area contributed by atoms with Crippen molar-refractivity contribution in [2.75, 3.05) is 0 Å². The Morgan fingerprint density at radius 1 is 1.16 bits per heavy atom. The van der Waals surface area contributed by atoms with E-state index in [2.05, 4.69) is 27.1 Å². The lowest BCUT2D eigenvalue weighted by atomic mass is 10.2. The van der Waals surface area contributed by atoms with Crippen LogP contribution >= 0.6 is 11.6 Å². The van der Waals surface area contributed by atoms with E-state index in [1.54, 1.807) is 21.5 Å². The Hall–Kier alpha value is -3.14. The van der Waals surface area contributed by atoms with Crippen molar-refractivity contribution in [1.29, 1.82) is 0 Å². The number of hydrogen-bond acceptors (Lipinski definition) is 6. The number of aryl methyl sites for hydroxylation is 2. The summed E-state index contributed by atoms with van der Waals surface area (Å²) in [6.07, 6.45) is 9.17. The van der Waals surface area contributed by atoms with Crippen LogP contribution in [-0.4, -0.2) is 34.0 Å². The minimum absolute atomic E-state index is 0.294. The average molecular weight is 446 g/mol. The highest BCUT2D eigenvalue weighted by Gasteiger charge is 2.15. The molecule has 11 heteroatoms. The van der Waals surface area contributed by atoms with Gasteiger partial charge < -0.3 is 9.51 Å². The van der Waals surface area contributed by atoms with Gasteiger partial charge >= 0.3 is 5.69 Å². The summed E-state index contributed by atoms with van der Waals surface area (Å²) >= 11 is 6.09. The fraction of sp³-hybridized carbons (Fsp3) is 0.450. The number of rotatable bonds is 10. The molecule has 0 aliphatic rings. The number of fused-ring (bicyclic) bond motifs is 1. The van der Waals surface area contributed by atoms with Crippen LogP contribution in [0.2, 0.25) is 5.15 Å². The minimum Gasteiger partial charge on any atom is -0.343 e. The summed E-state index contributed by atoms with van der Waals surface area (Å²) in [5.74, 6) is 0.544. The van der Waals surface area contributed by atoms with Gasteiger partial charge in [-0.2, -0.15) is 10.1 Å². The largest absolute Gasteiger partial charge is 0.343 e. The summed E-state index contributed by atoms with van der Waals surface area (Å²) in [6, 6.07) is 1.65. The topological polar surface area (TPSA) is 117 Å². The first kappa shape index (κ1) is 21.1. The summed E-state index contributed by atoms with van der Waals surface area (Å²) in [5, 5.41) is 8.41. The molecule has 0 aliphatic heterocycles. The normalized spacial score (nSPS) is 11.5. The van der Waals surface area contributed by atoms with Crippen LogP contribution in [0.5, 0.6) is 0 Å². The summed E-state index contributed by atoms with van der Waals surface area (Å²) in [5.41, 5.74) is 1.30. The third kappa shape index (κ3) is 4.63. The monoisotopic (exact) mass is 445 g/mol. The smallest absolute Gasteiger partial charge is 0.331 e. The first-order valence-electron chi connectivity index (χ1n) is 10.3. The maximum atomic E-state index is 13.1. The number of nitrogens with one attached hydrogen (secondary N) is 1. The zero-order valence-corrected chi connectivity index (χ0v) is 18.0. The molecule has 4 aromatic rings. The first-order chi connectivity index (χ1) is 15.1. The summed E-state index contributed by atoms with van der Waals surface area (Å²) in [4.78, 5) is 32.8. The van der Waals surface area contributed by atoms with Crippen molar-refractivity contribution >= 4 is 22.6 Å². The Balaban J connectivity index is 1.50. The Labute approximate surface area is 182 Å². The van der Waals surface area contributed by atoms with E-state index in [4.69, 9.17) is 16.1 Å². The number of H-pyrrole nitrogens is 1.